The molecule has 0 spiro atoms. The van der Waals surface area contributed by atoms with Gasteiger partial charge >= 0.3 is 0 Å². The number of nitrogens with zero attached hydrogens (tertiary/aromatic N) is 1. The van der Waals surface area contributed by atoms with E-state index in [1.54, 1.807) is 12.1 Å². The van der Waals surface area contributed by atoms with Gasteiger partial charge in [-0.05, 0) is 36.2 Å². The molecular formula is C20H25ClN2O3S. The van der Waals surface area contributed by atoms with Crippen LogP contribution in [0, 0.1) is 6.92 Å². The van der Waals surface area contributed by atoms with Crippen LogP contribution in [0.25, 0.3) is 0 Å². The summed E-state index contributed by atoms with van der Waals surface area (Å²) in [7, 11) is -3.59. The predicted octanol–water partition coefficient (Wildman–Crippen LogP) is 3.51. The normalized spacial score (nSPS) is 11.9. The highest BCUT2D eigenvalue weighted by molar-refractivity contribution is 7.92. The lowest BCUT2D eigenvalue weighted by Gasteiger charge is -2.27. The second-order valence-corrected chi connectivity index (χ2v) is 9.57. The van der Waals surface area contributed by atoms with Crippen LogP contribution in [0.1, 0.15) is 25.0 Å². The van der Waals surface area contributed by atoms with Crippen molar-refractivity contribution in [3.05, 3.63) is 64.7 Å². The minimum Gasteiger partial charge on any atom is -0.354 e. The number of amides is 1. The zero-order valence-corrected chi connectivity index (χ0v) is 17.6. The maximum Gasteiger partial charge on any atom is 0.240 e. The number of sulfonamides is 1. The van der Waals surface area contributed by atoms with Crippen LogP contribution in [-0.2, 0) is 20.2 Å². The molecule has 0 aliphatic heterocycles. The van der Waals surface area contributed by atoms with Gasteiger partial charge in [-0.25, -0.2) is 8.42 Å². The Labute approximate surface area is 166 Å². The van der Waals surface area contributed by atoms with Crippen molar-refractivity contribution in [3.8, 4) is 0 Å². The number of hydrogen-bond donors (Lipinski definition) is 1. The molecule has 1 amide bonds. The summed E-state index contributed by atoms with van der Waals surface area (Å²) in [5.74, 6) is -0.356. The lowest BCUT2D eigenvalue weighted by atomic mass is 9.84. The standard InChI is InChI=1S/C20H25ClN2O3S/c1-15-7-5-6-8-18(15)23(27(4,25)26)13-19(24)22-14-20(2,3)16-9-11-17(21)12-10-16/h5-12H,13-14H2,1-4H3,(H,22,24). The fraction of sp³-hybridized carbons (Fsp3) is 0.350. The summed E-state index contributed by atoms with van der Waals surface area (Å²) in [5.41, 5.74) is 2.01. The number of nitrogens with one attached hydrogen (secondary N) is 1. The SMILES string of the molecule is Cc1ccccc1N(CC(=O)NCC(C)(C)c1ccc(Cl)cc1)S(C)(=O)=O. The largest absolute Gasteiger partial charge is 0.354 e. The van der Waals surface area contributed by atoms with Gasteiger partial charge in [0.05, 0.1) is 11.9 Å². The van der Waals surface area contributed by atoms with Gasteiger partial charge in [0, 0.05) is 17.0 Å². The molecule has 0 aromatic heterocycles. The van der Waals surface area contributed by atoms with E-state index < -0.39 is 10.0 Å². The molecule has 1 N–H and O–H groups in total. The molecular weight excluding hydrogens is 384 g/mol. The Bertz CT molecular complexity index is 909. The molecule has 0 aliphatic carbocycles. The minimum absolute atomic E-state index is 0.264. The van der Waals surface area contributed by atoms with Gasteiger partial charge < -0.3 is 5.32 Å². The number of para-hydroxylation sites is 1. The number of hydrogen-bond acceptors (Lipinski definition) is 3. The lowest BCUT2D eigenvalue weighted by Crippen LogP contribution is -2.44. The van der Waals surface area contributed by atoms with Crippen molar-refractivity contribution >= 4 is 33.2 Å². The van der Waals surface area contributed by atoms with Gasteiger partial charge in [0.15, 0.2) is 0 Å². The third-order valence-electron chi connectivity index (χ3n) is 4.42. The summed E-state index contributed by atoms with van der Waals surface area (Å²) in [6, 6.07) is 14.6. The van der Waals surface area contributed by atoms with Crippen LogP contribution in [0.3, 0.4) is 0 Å². The Balaban J connectivity index is 2.10. The average Bonchev–Trinajstić information content (AvgIpc) is 2.58. The van der Waals surface area contributed by atoms with E-state index in [1.807, 2.05) is 57.2 Å². The summed E-state index contributed by atoms with van der Waals surface area (Å²) in [6.45, 7) is 5.94. The van der Waals surface area contributed by atoms with Gasteiger partial charge in [0.1, 0.15) is 6.54 Å². The van der Waals surface area contributed by atoms with Gasteiger partial charge in [-0.15, -0.1) is 0 Å². The number of carbonyl (C=O) groups is 1. The molecule has 7 heteroatoms. The highest BCUT2D eigenvalue weighted by Crippen LogP contribution is 2.24. The quantitative estimate of drug-likeness (QED) is 0.762. The zero-order valence-electron chi connectivity index (χ0n) is 16.0. The Morgan fingerprint density at radius 2 is 1.70 bits per heavy atom. The maximum atomic E-state index is 12.5. The minimum atomic E-state index is -3.59. The molecule has 146 valence electrons. The van der Waals surface area contributed by atoms with Crippen LogP contribution in [0.5, 0.6) is 0 Å². The molecule has 27 heavy (non-hydrogen) atoms. The topological polar surface area (TPSA) is 66.5 Å². The van der Waals surface area contributed by atoms with Crippen molar-refractivity contribution < 1.29 is 13.2 Å². The third-order valence-corrected chi connectivity index (χ3v) is 5.80. The van der Waals surface area contributed by atoms with Gasteiger partial charge in [-0.3, -0.25) is 9.10 Å². The van der Waals surface area contributed by atoms with Crippen molar-refractivity contribution in [1.82, 2.24) is 5.32 Å². The Morgan fingerprint density at radius 3 is 2.26 bits per heavy atom. The summed E-state index contributed by atoms with van der Waals surface area (Å²) >= 11 is 5.93. The number of halogens is 1. The van der Waals surface area contributed by atoms with Crippen LogP contribution in [0.2, 0.25) is 5.02 Å². The maximum absolute atomic E-state index is 12.5. The molecule has 5 nitrogen and oxygen atoms in total. The predicted molar refractivity (Wildman–Crippen MR) is 111 cm³/mol. The Kier molecular flexibility index (Phi) is 6.54. The van der Waals surface area contributed by atoms with Crippen LogP contribution >= 0.6 is 11.6 Å². The molecule has 0 saturated heterocycles. The summed E-state index contributed by atoms with van der Waals surface area (Å²) in [4.78, 5) is 12.5. The Hall–Kier alpha value is -2.05. The van der Waals surface area contributed by atoms with E-state index in [-0.39, 0.29) is 17.9 Å². The number of benzene rings is 2. The first kappa shape index (κ1) is 21.3. The van der Waals surface area contributed by atoms with Crippen LogP contribution in [0.15, 0.2) is 48.5 Å². The van der Waals surface area contributed by atoms with Gasteiger partial charge in [-0.1, -0.05) is 55.8 Å². The van der Waals surface area contributed by atoms with E-state index in [4.69, 9.17) is 11.6 Å². The molecule has 0 atom stereocenters. The Morgan fingerprint density at radius 1 is 1.11 bits per heavy atom. The molecule has 0 aliphatic rings. The van der Waals surface area contributed by atoms with E-state index in [1.165, 1.54) is 0 Å². The summed E-state index contributed by atoms with van der Waals surface area (Å²) in [6.07, 6.45) is 1.10. The molecule has 0 saturated carbocycles. The number of rotatable bonds is 7. The first-order valence-corrected chi connectivity index (χ1v) is 10.8. The molecule has 2 rings (SSSR count). The molecule has 0 fully saturated rings. The van der Waals surface area contributed by atoms with Crippen molar-refractivity contribution in [1.29, 1.82) is 0 Å². The van der Waals surface area contributed by atoms with Gasteiger partial charge in [0.25, 0.3) is 0 Å². The molecule has 2 aromatic carbocycles. The molecule has 0 radical (unpaired) electrons. The average molecular weight is 409 g/mol. The van der Waals surface area contributed by atoms with Crippen molar-refractivity contribution in [2.24, 2.45) is 0 Å². The van der Waals surface area contributed by atoms with Crippen LogP contribution < -0.4 is 9.62 Å². The van der Waals surface area contributed by atoms with Gasteiger partial charge in [0.2, 0.25) is 15.9 Å². The fourth-order valence-corrected chi connectivity index (χ4v) is 3.77. The molecule has 0 bridgehead atoms. The molecule has 2 aromatic rings. The third kappa shape index (κ3) is 5.71. The summed E-state index contributed by atoms with van der Waals surface area (Å²) in [5, 5.41) is 3.50. The van der Waals surface area contributed by atoms with Crippen molar-refractivity contribution in [3.63, 3.8) is 0 Å². The summed E-state index contributed by atoms with van der Waals surface area (Å²) < 4.78 is 25.5. The van der Waals surface area contributed by atoms with Crippen LogP contribution in [0.4, 0.5) is 5.69 Å². The van der Waals surface area contributed by atoms with E-state index >= 15 is 0 Å². The fourth-order valence-electron chi connectivity index (χ4n) is 2.73. The smallest absolute Gasteiger partial charge is 0.240 e. The van der Waals surface area contributed by atoms with Crippen molar-refractivity contribution in [2.45, 2.75) is 26.2 Å². The second kappa shape index (κ2) is 8.31. The van der Waals surface area contributed by atoms with Gasteiger partial charge in [-0.2, -0.15) is 0 Å². The first-order valence-electron chi connectivity index (χ1n) is 8.57. The second-order valence-electron chi connectivity index (χ2n) is 7.22. The molecule has 0 unspecified atom stereocenters. The highest BCUT2D eigenvalue weighted by Gasteiger charge is 2.25. The first-order chi connectivity index (χ1) is 12.5. The number of anilines is 1. The van der Waals surface area contributed by atoms with E-state index in [9.17, 15) is 13.2 Å². The lowest BCUT2D eigenvalue weighted by molar-refractivity contribution is -0.119. The number of aryl methyl sites for hydroxylation is 1. The highest BCUT2D eigenvalue weighted by atomic mass is 35.5. The monoisotopic (exact) mass is 408 g/mol. The zero-order chi connectivity index (χ0) is 20.2. The number of carbonyl (C=O) groups excluding carboxylic acids is 1. The van der Waals surface area contributed by atoms with E-state index in [2.05, 4.69) is 5.32 Å². The molecule has 0 heterocycles. The van der Waals surface area contributed by atoms with E-state index in [0.29, 0.717) is 17.3 Å². The van der Waals surface area contributed by atoms with Crippen LogP contribution in [-0.4, -0.2) is 33.7 Å². The van der Waals surface area contributed by atoms with E-state index in [0.717, 1.165) is 21.7 Å². The van der Waals surface area contributed by atoms with Crippen molar-refractivity contribution in [2.75, 3.05) is 23.7 Å².